The van der Waals surface area contributed by atoms with Crippen molar-refractivity contribution in [1.82, 2.24) is 4.90 Å². The summed E-state index contributed by atoms with van der Waals surface area (Å²) in [6.45, 7) is 8.85. The summed E-state index contributed by atoms with van der Waals surface area (Å²) in [6.07, 6.45) is 0. The van der Waals surface area contributed by atoms with Crippen molar-refractivity contribution in [3.8, 4) is 5.75 Å². The lowest BCUT2D eigenvalue weighted by molar-refractivity contribution is -0.134. The summed E-state index contributed by atoms with van der Waals surface area (Å²) in [7, 11) is 0. The molecule has 0 atom stereocenters. The zero-order chi connectivity index (χ0) is 26.2. The second-order valence-corrected chi connectivity index (χ2v) is 8.20. The van der Waals surface area contributed by atoms with Gasteiger partial charge in [-0.15, -0.1) is 0 Å². The van der Waals surface area contributed by atoms with Crippen LogP contribution in [0.4, 0.5) is 17.1 Å². The Bertz CT molecular complexity index is 1250. The number of hydrogen-bond acceptors (Lipinski definition) is 7. The molecule has 1 aliphatic rings. The number of rotatable bonds is 8. The lowest BCUT2D eigenvalue weighted by Gasteiger charge is -2.22. The predicted octanol–water partition coefficient (Wildman–Crippen LogP) is 4.60. The topological polar surface area (TPSA) is 122 Å². The molecular weight excluding hydrogens is 458 g/mol. The van der Waals surface area contributed by atoms with E-state index in [1.165, 1.54) is 0 Å². The quantitative estimate of drug-likeness (QED) is 0.307. The van der Waals surface area contributed by atoms with E-state index in [9.17, 15) is 9.59 Å². The van der Waals surface area contributed by atoms with E-state index >= 15 is 0 Å². The van der Waals surface area contributed by atoms with Crippen LogP contribution in [0.3, 0.4) is 0 Å². The maximum Gasteiger partial charge on any atom is 0.300 e. The van der Waals surface area contributed by atoms with Crippen molar-refractivity contribution < 1.29 is 24.2 Å². The van der Waals surface area contributed by atoms with E-state index < -0.39 is 5.97 Å². The molecule has 4 rings (SSSR count). The van der Waals surface area contributed by atoms with E-state index in [-0.39, 0.29) is 17.1 Å². The Balaban J connectivity index is 0.000000840. The van der Waals surface area contributed by atoms with E-state index in [0.717, 1.165) is 38.0 Å². The molecule has 0 unspecified atom stereocenters. The summed E-state index contributed by atoms with van der Waals surface area (Å²) in [5, 5.41) is 10.7. The normalized spacial score (nSPS) is 11.8. The zero-order valence-corrected chi connectivity index (χ0v) is 20.7. The Labute approximate surface area is 210 Å². The Morgan fingerprint density at radius 1 is 0.917 bits per heavy atom. The number of aliphatic carboxylic acids is 1. The number of ether oxygens (including phenoxy) is 1. The number of hydrogen-bond donors (Lipinski definition) is 3. The molecule has 0 bridgehead atoms. The fourth-order valence-electron chi connectivity index (χ4n) is 3.97. The first-order valence-corrected chi connectivity index (χ1v) is 11.8. The van der Waals surface area contributed by atoms with Crippen LogP contribution in [0, 0.1) is 0 Å². The maximum absolute atomic E-state index is 13.2. The summed E-state index contributed by atoms with van der Waals surface area (Å²) >= 11 is 0. The minimum Gasteiger partial charge on any atom is -0.492 e. The molecule has 3 aromatic rings. The van der Waals surface area contributed by atoms with Crippen molar-refractivity contribution in [3.63, 3.8) is 0 Å². The smallest absolute Gasteiger partial charge is 0.300 e. The number of nitrogen functional groups attached to an aromatic ring is 1. The molecule has 3 aromatic carbocycles. The standard InChI is InChI=1S/C26H27N3O3.C2H4O2/c1-3-29(4-2)15-16-32-18-11-9-17(10-12-18)28-22-14-13-21(27)23-24(22)26(31)20-8-6-5-7-19(20)25(23)30;1-2(3)4/h5-14,28H,3-4,15-16,27H2,1-2H3;1H3,(H,3,4). The molecule has 1 aliphatic carbocycles. The van der Waals surface area contributed by atoms with Gasteiger partial charge in [-0.05, 0) is 49.5 Å². The third-order valence-electron chi connectivity index (χ3n) is 5.81. The highest BCUT2D eigenvalue weighted by Gasteiger charge is 2.33. The van der Waals surface area contributed by atoms with Gasteiger partial charge in [-0.3, -0.25) is 14.4 Å². The highest BCUT2D eigenvalue weighted by atomic mass is 16.5. The van der Waals surface area contributed by atoms with Crippen LogP contribution in [0.5, 0.6) is 5.75 Å². The van der Waals surface area contributed by atoms with Crippen LogP contribution in [0.15, 0.2) is 60.7 Å². The van der Waals surface area contributed by atoms with Gasteiger partial charge in [-0.1, -0.05) is 38.1 Å². The lowest BCUT2D eigenvalue weighted by Crippen LogP contribution is -2.27. The molecule has 188 valence electrons. The molecule has 0 saturated carbocycles. The van der Waals surface area contributed by atoms with Crippen molar-refractivity contribution in [1.29, 1.82) is 0 Å². The molecule has 0 spiro atoms. The number of ketones is 2. The second kappa shape index (κ2) is 12.0. The molecule has 8 nitrogen and oxygen atoms in total. The van der Waals surface area contributed by atoms with Crippen molar-refractivity contribution in [2.75, 3.05) is 37.3 Å². The number of carbonyl (C=O) groups excluding carboxylic acids is 2. The fourth-order valence-corrected chi connectivity index (χ4v) is 3.97. The number of likely N-dealkylation sites (N-methyl/N-ethyl adjacent to an activating group) is 1. The molecule has 36 heavy (non-hydrogen) atoms. The van der Waals surface area contributed by atoms with Crippen molar-refractivity contribution in [2.24, 2.45) is 0 Å². The molecule has 0 fully saturated rings. The number of fused-ring (bicyclic) bond motifs is 2. The average molecular weight is 490 g/mol. The van der Waals surface area contributed by atoms with Gasteiger partial charge in [0, 0.05) is 36.0 Å². The first kappa shape index (κ1) is 26.4. The van der Waals surface area contributed by atoms with Crippen LogP contribution in [-0.2, 0) is 4.79 Å². The molecule has 0 saturated heterocycles. The van der Waals surface area contributed by atoms with Gasteiger partial charge in [0.2, 0.25) is 0 Å². The first-order valence-electron chi connectivity index (χ1n) is 11.8. The third-order valence-corrected chi connectivity index (χ3v) is 5.81. The van der Waals surface area contributed by atoms with E-state index in [4.69, 9.17) is 20.4 Å². The monoisotopic (exact) mass is 489 g/mol. The van der Waals surface area contributed by atoms with Gasteiger partial charge in [-0.25, -0.2) is 0 Å². The minimum atomic E-state index is -0.833. The average Bonchev–Trinajstić information content (AvgIpc) is 2.87. The predicted molar refractivity (Wildman–Crippen MR) is 140 cm³/mol. The summed E-state index contributed by atoms with van der Waals surface area (Å²) in [5.41, 5.74) is 9.10. The fraction of sp³-hybridized carbons (Fsp3) is 0.250. The number of carboxylic acids is 1. The number of anilines is 3. The highest BCUT2D eigenvalue weighted by Crippen LogP contribution is 2.36. The second-order valence-electron chi connectivity index (χ2n) is 8.20. The van der Waals surface area contributed by atoms with Crippen LogP contribution < -0.4 is 15.8 Å². The Kier molecular flexibility index (Phi) is 8.81. The maximum atomic E-state index is 13.2. The number of carboxylic acid groups (broad SMARTS) is 1. The largest absolute Gasteiger partial charge is 0.492 e. The molecule has 0 aromatic heterocycles. The summed E-state index contributed by atoms with van der Waals surface area (Å²) < 4.78 is 5.84. The van der Waals surface area contributed by atoms with Crippen molar-refractivity contribution >= 4 is 34.6 Å². The van der Waals surface area contributed by atoms with E-state index in [2.05, 4.69) is 24.1 Å². The Hall–Kier alpha value is -4.17. The van der Waals surface area contributed by atoms with Crippen LogP contribution in [0.2, 0.25) is 0 Å². The minimum absolute atomic E-state index is 0.207. The molecule has 4 N–H and O–H groups in total. The molecule has 0 radical (unpaired) electrons. The number of nitrogens with zero attached hydrogens (tertiary/aromatic N) is 1. The van der Waals surface area contributed by atoms with Gasteiger partial charge in [0.25, 0.3) is 5.97 Å². The third kappa shape index (κ3) is 6.09. The van der Waals surface area contributed by atoms with E-state index in [0.29, 0.717) is 34.7 Å². The van der Waals surface area contributed by atoms with Gasteiger partial charge in [-0.2, -0.15) is 0 Å². The van der Waals surface area contributed by atoms with Crippen molar-refractivity contribution in [2.45, 2.75) is 20.8 Å². The van der Waals surface area contributed by atoms with Crippen molar-refractivity contribution in [3.05, 3.63) is 82.9 Å². The summed E-state index contributed by atoms with van der Waals surface area (Å²) in [5.74, 6) is -0.489. The first-order chi connectivity index (χ1) is 17.3. The Morgan fingerprint density at radius 2 is 1.47 bits per heavy atom. The zero-order valence-electron chi connectivity index (χ0n) is 20.7. The van der Waals surface area contributed by atoms with Gasteiger partial charge in [0.1, 0.15) is 12.4 Å². The van der Waals surface area contributed by atoms with Crippen LogP contribution in [0.25, 0.3) is 0 Å². The molecular formula is C28H31N3O5. The number of carbonyl (C=O) groups is 3. The van der Waals surface area contributed by atoms with Crippen LogP contribution in [0.1, 0.15) is 52.6 Å². The molecule has 8 heteroatoms. The van der Waals surface area contributed by atoms with Gasteiger partial charge >= 0.3 is 0 Å². The van der Waals surface area contributed by atoms with Crippen LogP contribution in [-0.4, -0.2) is 53.8 Å². The SMILES string of the molecule is CC(=O)O.CCN(CC)CCOc1ccc(Nc2ccc(N)c3c2C(=O)c2ccccc2C3=O)cc1. The van der Waals surface area contributed by atoms with Gasteiger partial charge in [0.05, 0.1) is 16.8 Å². The number of nitrogens with one attached hydrogen (secondary N) is 1. The highest BCUT2D eigenvalue weighted by molar-refractivity contribution is 6.31. The van der Waals surface area contributed by atoms with E-state index in [1.54, 1.807) is 36.4 Å². The van der Waals surface area contributed by atoms with E-state index in [1.807, 2.05) is 24.3 Å². The lowest BCUT2D eigenvalue weighted by atomic mass is 9.82. The van der Waals surface area contributed by atoms with Gasteiger partial charge < -0.3 is 25.8 Å². The Morgan fingerprint density at radius 3 is 2.03 bits per heavy atom. The molecule has 0 aliphatic heterocycles. The number of benzene rings is 3. The molecule has 0 amide bonds. The molecule has 0 heterocycles. The summed E-state index contributed by atoms with van der Waals surface area (Å²) in [4.78, 5) is 37.6. The van der Waals surface area contributed by atoms with Gasteiger partial charge in [0.15, 0.2) is 11.6 Å². The number of nitrogens with two attached hydrogens (primary N) is 1. The van der Waals surface area contributed by atoms with Crippen LogP contribution >= 0.6 is 0 Å². The summed E-state index contributed by atoms with van der Waals surface area (Å²) in [6, 6.07) is 17.8.